The lowest BCUT2D eigenvalue weighted by Gasteiger charge is -2.15. The average molecular weight is 334 g/mol. The normalized spacial score (nSPS) is 12.0. The lowest BCUT2D eigenvalue weighted by molar-refractivity contribution is 0.0298. The zero-order valence-corrected chi connectivity index (χ0v) is 15.3. The minimum atomic E-state index is -0.359. The summed E-state index contributed by atoms with van der Waals surface area (Å²) in [6, 6.07) is 6.44. The highest BCUT2D eigenvalue weighted by Gasteiger charge is 2.14. The lowest BCUT2D eigenvalue weighted by atomic mass is 10.1. The summed E-state index contributed by atoms with van der Waals surface area (Å²) >= 11 is 0. The molecule has 0 aromatic heterocycles. The van der Waals surface area contributed by atoms with Crippen LogP contribution in [0, 0.1) is 5.92 Å². The molecule has 134 valence electrons. The van der Waals surface area contributed by atoms with Crippen molar-refractivity contribution in [3.8, 4) is 0 Å². The van der Waals surface area contributed by atoms with Gasteiger partial charge in [0.25, 0.3) is 0 Å². The van der Waals surface area contributed by atoms with E-state index in [1.165, 1.54) is 0 Å². The zero-order valence-electron chi connectivity index (χ0n) is 15.3. The first kappa shape index (κ1) is 20.2. The van der Waals surface area contributed by atoms with Crippen LogP contribution in [-0.2, 0) is 9.47 Å². The van der Waals surface area contributed by atoms with E-state index in [0.29, 0.717) is 23.7 Å². The van der Waals surface area contributed by atoms with Gasteiger partial charge in [-0.15, -0.1) is 0 Å². The average Bonchev–Trinajstić information content (AvgIpc) is 2.53. The monoisotopic (exact) mass is 334 g/mol. The molecule has 4 heteroatoms. The van der Waals surface area contributed by atoms with Gasteiger partial charge in [0.2, 0.25) is 0 Å². The molecule has 0 bridgehead atoms. The second-order valence-corrected chi connectivity index (χ2v) is 6.62. The Morgan fingerprint density at radius 2 is 1.50 bits per heavy atom. The van der Waals surface area contributed by atoms with Crippen molar-refractivity contribution < 1.29 is 19.1 Å². The molecule has 0 saturated carbocycles. The van der Waals surface area contributed by atoms with Crippen molar-refractivity contribution in [3.05, 3.63) is 35.4 Å². The van der Waals surface area contributed by atoms with Crippen molar-refractivity contribution in [2.75, 3.05) is 6.61 Å². The smallest absolute Gasteiger partial charge is 0.338 e. The molecule has 0 spiro atoms. The third-order valence-electron chi connectivity index (χ3n) is 3.70. The van der Waals surface area contributed by atoms with Gasteiger partial charge in [-0.2, -0.15) is 0 Å². The summed E-state index contributed by atoms with van der Waals surface area (Å²) in [5.74, 6) is -0.232. The van der Waals surface area contributed by atoms with Crippen LogP contribution in [0.1, 0.15) is 80.5 Å². The van der Waals surface area contributed by atoms with Crippen LogP contribution in [0.25, 0.3) is 0 Å². The van der Waals surface area contributed by atoms with Crippen LogP contribution in [0.15, 0.2) is 24.3 Å². The molecule has 1 unspecified atom stereocenters. The van der Waals surface area contributed by atoms with Crippen molar-refractivity contribution >= 4 is 11.9 Å². The molecule has 0 fully saturated rings. The minimum absolute atomic E-state index is 0.120. The molecule has 0 aliphatic carbocycles. The number of unbranched alkanes of at least 4 members (excludes halogenated alkanes) is 3. The molecule has 0 aliphatic heterocycles. The molecule has 1 atom stereocenters. The van der Waals surface area contributed by atoms with Crippen molar-refractivity contribution in [1.82, 2.24) is 0 Å². The van der Waals surface area contributed by atoms with E-state index in [-0.39, 0.29) is 18.0 Å². The van der Waals surface area contributed by atoms with E-state index in [1.807, 2.05) is 6.92 Å². The van der Waals surface area contributed by atoms with Gasteiger partial charge in [0.05, 0.1) is 23.8 Å². The Hall–Kier alpha value is -1.84. The number of benzene rings is 1. The second-order valence-electron chi connectivity index (χ2n) is 6.62. The van der Waals surface area contributed by atoms with Gasteiger partial charge < -0.3 is 9.47 Å². The van der Waals surface area contributed by atoms with Crippen LogP contribution in [0.5, 0.6) is 0 Å². The summed E-state index contributed by atoms with van der Waals surface area (Å²) in [6.45, 7) is 8.65. The summed E-state index contributed by atoms with van der Waals surface area (Å²) in [6.07, 6.45) is 4.98. The number of hydrogen-bond donors (Lipinski definition) is 0. The van der Waals surface area contributed by atoms with Crippen LogP contribution < -0.4 is 0 Å². The predicted octanol–water partition coefficient (Wildman–Crippen LogP) is 5.02. The van der Waals surface area contributed by atoms with Crippen LogP contribution in [0.2, 0.25) is 0 Å². The van der Waals surface area contributed by atoms with Crippen molar-refractivity contribution in [2.24, 2.45) is 5.92 Å². The predicted molar refractivity (Wildman–Crippen MR) is 95.2 cm³/mol. The third kappa shape index (κ3) is 7.62. The Morgan fingerprint density at radius 1 is 0.917 bits per heavy atom. The molecule has 1 aromatic rings. The van der Waals surface area contributed by atoms with Crippen molar-refractivity contribution in [2.45, 2.75) is 65.9 Å². The molecule has 0 amide bonds. The van der Waals surface area contributed by atoms with E-state index in [1.54, 1.807) is 24.3 Å². The highest BCUT2D eigenvalue weighted by molar-refractivity contribution is 5.93. The fourth-order valence-corrected chi connectivity index (χ4v) is 2.48. The van der Waals surface area contributed by atoms with Gasteiger partial charge >= 0.3 is 11.9 Å². The SMILES string of the molecule is CCCCCCOC(=O)c1ccc(C(=O)OC(C)CC(C)C)cc1. The largest absolute Gasteiger partial charge is 0.462 e. The number of carbonyl (C=O) groups excluding carboxylic acids is 2. The fourth-order valence-electron chi connectivity index (χ4n) is 2.48. The molecule has 0 radical (unpaired) electrons. The number of hydrogen-bond acceptors (Lipinski definition) is 4. The van der Waals surface area contributed by atoms with E-state index in [4.69, 9.17) is 9.47 Å². The van der Waals surface area contributed by atoms with Crippen LogP contribution in [-0.4, -0.2) is 24.6 Å². The van der Waals surface area contributed by atoms with E-state index in [9.17, 15) is 9.59 Å². The summed E-state index contributed by atoms with van der Waals surface area (Å²) in [5.41, 5.74) is 0.905. The summed E-state index contributed by atoms with van der Waals surface area (Å²) in [7, 11) is 0. The quantitative estimate of drug-likeness (QED) is 0.445. The van der Waals surface area contributed by atoms with E-state index in [2.05, 4.69) is 20.8 Å². The highest BCUT2D eigenvalue weighted by Crippen LogP contribution is 2.12. The minimum Gasteiger partial charge on any atom is -0.462 e. The standard InChI is InChI=1S/C20H30O4/c1-5-6-7-8-13-23-19(21)17-9-11-18(12-10-17)20(22)24-16(4)14-15(2)3/h9-12,15-16H,5-8,13-14H2,1-4H3. The first-order chi connectivity index (χ1) is 11.4. The number of ether oxygens (including phenoxy) is 2. The second kappa shape index (κ2) is 10.8. The van der Waals surface area contributed by atoms with Gasteiger partial charge in [0.1, 0.15) is 0 Å². The molecule has 24 heavy (non-hydrogen) atoms. The van der Waals surface area contributed by atoms with E-state index in [0.717, 1.165) is 32.1 Å². The van der Waals surface area contributed by atoms with Gasteiger partial charge in [-0.25, -0.2) is 9.59 Å². The number of carbonyl (C=O) groups is 2. The first-order valence-electron chi connectivity index (χ1n) is 8.92. The Bertz CT molecular complexity index is 505. The lowest BCUT2D eigenvalue weighted by Crippen LogP contribution is -2.17. The maximum absolute atomic E-state index is 12.1. The summed E-state index contributed by atoms with van der Waals surface area (Å²) < 4.78 is 10.6. The fraction of sp³-hybridized carbons (Fsp3) is 0.600. The van der Waals surface area contributed by atoms with Gasteiger partial charge in [-0.05, 0) is 49.9 Å². The topological polar surface area (TPSA) is 52.6 Å². The maximum atomic E-state index is 12.1. The molecule has 1 aromatic carbocycles. The van der Waals surface area contributed by atoms with Crippen LogP contribution in [0.3, 0.4) is 0 Å². The third-order valence-corrected chi connectivity index (χ3v) is 3.70. The Morgan fingerprint density at radius 3 is 2.04 bits per heavy atom. The molecular formula is C20H30O4. The summed E-state index contributed by atoms with van der Waals surface area (Å²) in [4.78, 5) is 24.0. The number of rotatable bonds is 10. The van der Waals surface area contributed by atoms with Gasteiger partial charge in [0.15, 0.2) is 0 Å². The first-order valence-corrected chi connectivity index (χ1v) is 8.92. The van der Waals surface area contributed by atoms with Gasteiger partial charge in [-0.3, -0.25) is 0 Å². The molecular weight excluding hydrogens is 304 g/mol. The molecule has 0 heterocycles. The Balaban J connectivity index is 2.46. The maximum Gasteiger partial charge on any atom is 0.338 e. The van der Waals surface area contributed by atoms with Gasteiger partial charge in [-0.1, -0.05) is 40.0 Å². The molecule has 0 aliphatic rings. The van der Waals surface area contributed by atoms with E-state index >= 15 is 0 Å². The van der Waals surface area contributed by atoms with E-state index < -0.39 is 0 Å². The van der Waals surface area contributed by atoms with Crippen LogP contribution >= 0.6 is 0 Å². The highest BCUT2D eigenvalue weighted by atomic mass is 16.5. The van der Waals surface area contributed by atoms with Crippen molar-refractivity contribution in [1.29, 1.82) is 0 Å². The molecule has 0 saturated heterocycles. The zero-order chi connectivity index (χ0) is 17.9. The summed E-state index contributed by atoms with van der Waals surface area (Å²) in [5, 5.41) is 0. The Kier molecular flexibility index (Phi) is 9.13. The molecule has 4 nitrogen and oxygen atoms in total. The van der Waals surface area contributed by atoms with Crippen LogP contribution in [0.4, 0.5) is 0 Å². The Labute approximate surface area is 145 Å². The van der Waals surface area contributed by atoms with Crippen molar-refractivity contribution in [3.63, 3.8) is 0 Å². The number of esters is 2. The molecule has 0 N–H and O–H groups in total. The molecule has 1 rings (SSSR count). The van der Waals surface area contributed by atoms with Gasteiger partial charge in [0, 0.05) is 0 Å².